The number of carbonyl (C=O) groups excluding carboxylic acids is 1. The van der Waals surface area contributed by atoms with E-state index in [0.29, 0.717) is 13.0 Å². The minimum absolute atomic E-state index is 0.117. The highest BCUT2D eigenvalue weighted by Gasteiger charge is 2.06. The van der Waals surface area contributed by atoms with Crippen molar-refractivity contribution in [2.24, 2.45) is 5.73 Å². The maximum absolute atomic E-state index is 13.2. The molecule has 0 aromatic heterocycles. The molecule has 0 heterocycles. The maximum atomic E-state index is 13.2. The van der Waals surface area contributed by atoms with Crippen molar-refractivity contribution in [3.63, 3.8) is 0 Å². The second kappa shape index (κ2) is 5.36. The summed E-state index contributed by atoms with van der Waals surface area (Å²) >= 11 is 0. The number of halogens is 2. The highest BCUT2D eigenvalue weighted by Crippen LogP contribution is 2.15. The summed E-state index contributed by atoms with van der Waals surface area (Å²) in [7, 11) is 0. The van der Waals surface area contributed by atoms with Crippen LogP contribution >= 0.6 is 0 Å². The van der Waals surface area contributed by atoms with Gasteiger partial charge in [-0.3, -0.25) is 4.79 Å². The van der Waals surface area contributed by atoms with Crippen LogP contribution in [0.4, 0.5) is 8.78 Å². The normalized spacial score (nSPS) is 10.9. The van der Waals surface area contributed by atoms with Crippen LogP contribution in [0.3, 0.4) is 0 Å². The number of carbonyl (C=O) groups is 1. The standard InChI is InChI=1S/C11H11F2NO/c12-10-6-9(7-15)11(13)5-8(10)3-1-2-4-14/h1,3,5-7H,2,4,14H2. The summed E-state index contributed by atoms with van der Waals surface area (Å²) in [5.74, 6) is -1.34. The zero-order valence-corrected chi connectivity index (χ0v) is 8.04. The minimum Gasteiger partial charge on any atom is -0.330 e. The van der Waals surface area contributed by atoms with Crippen LogP contribution in [0.1, 0.15) is 22.3 Å². The summed E-state index contributed by atoms with van der Waals surface area (Å²) in [5, 5.41) is 0. The Balaban J connectivity index is 3.00. The SMILES string of the molecule is NCCC=Cc1cc(F)c(C=O)cc1F. The van der Waals surface area contributed by atoms with Crippen LogP contribution < -0.4 is 5.73 Å². The Morgan fingerprint density at radius 2 is 1.80 bits per heavy atom. The van der Waals surface area contributed by atoms with Gasteiger partial charge in [0.25, 0.3) is 0 Å². The Bertz CT molecular complexity index is 388. The lowest BCUT2D eigenvalue weighted by Gasteiger charge is -1.99. The van der Waals surface area contributed by atoms with Crippen molar-refractivity contribution in [3.05, 3.63) is 41.0 Å². The van der Waals surface area contributed by atoms with Crippen molar-refractivity contribution in [2.75, 3.05) is 6.54 Å². The molecule has 0 aliphatic carbocycles. The predicted molar refractivity (Wildman–Crippen MR) is 54.5 cm³/mol. The Morgan fingerprint density at radius 3 is 2.40 bits per heavy atom. The number of aldehydes is 1. The number of nitrogens with two attached hydrogens (primary N) is 1. The predicted octanol–water partition coefficient (Wildman–Crippen LogP) is 2.14. The molecule has 0 aliphatic rings. The van der Waals surface area contributed by atoms with Crippen LogP contribution in [-0.2, 0) is 0 Å². The fraction of sp³-hybridized carbons (Fsp3) is 0.182. The molecule has 0 saturated heterocycles. The molecule has 1 rings (SSSR count). The average molecular weight is 211 g/mol. The quantitative estimate of drug-likeness (QED) is 0.775. The van der Waals surface area contributed by atoms with Crippen molar-refractivity contribution in [2.45, 2.75) is 6.42 Å². The van der Waals surface area contributed by atoms with Gasteiger partial charge in [-0.25, -0.2) is 8.78 Å². The molecule has 15 heavy (non-hydrogen) atoms. The summed E-state index contributed by atoms with van der Waals surface area (Å²) < 4.78 is 26.3. The van der Waals surface area contributed by atoms with Crippen molar-refractivity contribution >= 4 is 12.4 Å². The molecule has 0 saturated carbocycles. The molecule has 0 unspecified atom stereocenters. The van der Waals surface area contributed by atoms with Crippen LogP contribution in [0.5, 0.6) is 0 Å². The molecule has 2 nitrogen and oxygen atoms in total. The Labute approximate surface area is 86.4 Å². The molecular weight excluding hydrogens is 200 g/mol. The zero-order valence-electron chi connectivity index (χ0n) is 8.04. The monoisotopic (exact) mass is 211 g/mol. The van der Waals surface area contributed by atoms with Gasteiger partial charge in [0, 0.05) is 5.56 Å². The fourth-order valence-corrected chi connectivity index (χ4v) is 1.10. The van der Waals surface area contributed by atoms with Crippen LogP contribution in [0.2, 0.25) is 0 Å². The summed E-state index contributed by atoms with van der Waals surface area (Å²) in [6, 6.07) is 1.87. The molecule has 0 radical (unpaired) electrons. The molecule has 2 N–H and O–H groups in total. The fourth-order valence-electron chi connectivity index (χ4n) is 1.10. The van der Waals surface area contributed by atoms with Gasteiger partial charge in [-0.05, 0) is 25.1 Å². The third-order valence-corrected chi connectivity index (χ3v) is 1.87. The smallest absolute Gasteiger partial charge is 0.153 e. The van der Waals surface area contributed by atoms with Gasteiger partial charge in [-0.15, -0.1) is 0 Å². The lowest BCUT2D eigenvalue weighted by atomic mass is 10.1. The molecule has 0 atom stereocenters. The van der Waals surface area contributed by atoms with E-state index >= 15 is 0 Å². The summed E-state index contributed by atoms with van der Waals surface area (Å²) in [6.45, 7) is 0.451. The van der Waals surface area contributed by atoms with E-state index in [4.69, 9.17) is 5.73 Å². The van der Waals surface area contributed by atoms with Gasteiger partial charge < -0.3 is 5.73 Å². The van der Waals surface area contributed by atoms with E-state index in [1.165, 1.54) is 6.08 Å². The van der Waals surface area contributed by atoms with Crippen LogP contribution in [0.15, 0.2) is 18.2 Å². The van der Waals surface area contributed by atoms with E-state index in [-0.39, 0.29) is 17.4 Å². The van der Waals surface area contributed by atoms with Gasteiger partial charge in [-0.1, -0.05) is 12.2 Å². The van der Waals surface area contributed by atoms with E-state index in [0.717, 1.165) is 12.1 Å². The van der Waals surface area contributed by atoms with Crippen LogP contribution in [-0.4, -0.2) is 12.8 Å². The van der Waals surface area contributed by atoms with Crippen molar-refractivity contribution < 1.29 is 13.6 Å². The number of benzene rings is 1. The van der Waals surface area contributed by atoms with E-state index in [1.54, 1.807) is 6.08 Å². The summed E-state index contributed by atoms with van der Waals surface area (Å²) in [5.41, 5.74) is 5.08. The number of hydrogen-bond acceptors (Lipinski definition) is 2. The van der Waals surface area contributed by atoms with Gasteiger partial charge >= 0.3 is 0 Å². The summed E-state index contributed by atoms with van der Waals surface area (Å²) in [4.78, 5) is 10.3. The molecule has 0 bridgehead atoms. The first-order valence-electron chi connectivity index (χ1n) is 4.50. The summed E-state index contributed by atoms with van der Waals surface area (Å²) in [6.07, 6.45) is 3.97. The topological polar surface area (TPSA) is 43.1 Å². The van der Waals surface area contributed by atoms with E-state index in [1.807, 2.05) is 0 Å². The minimum atomic E-state index is -0.723. The lowest BCUT2D eigenvalue weighted by Crippen LogP contribution is -1.96. The molecule has 1 aromatic rings. The maximum Gasteiger partial charge on any atom is 0.153 e. The second-order valence-corrected chi connectivity index (χ2v) is 2.99. The Hall–Kier alpha value is -1.55. The highest BCUT2D eigenvalue weighted by atomic mass is 19.1. The second-order valence-electron chi connectivity index (χ2n) is 2.99. The lowest BCUT2D eigenvalue weighted by molar-refractivity contribution is 0.111. The molecular formula is C11H11F2NO. The van der Waals surface area contributed by atoms with Crippen LogP contribution in [0.25, 0.3) is 6.08 Å². The van der Waals surface area contributed by atoms with E-state index in [2.05, 4.69) is 0 Å². The zero-order chi connectivity index (χ0) is 11.3. The largest absolute Gasteiger partial charge is 0.330 e. The first-order valence-corrected chi connectivity index (χ1v) is 4.50. The first-order chi connectivity index (χ1) is 7.19. The van der Waals surface area contributed by atoms with Gasteiger partial charge in [-0.2, -0.15) is 0 Å². The highest BCUT2D eigenvalue weighted by molar-refractivity contribution is 5.76. The van der Waals surface area contributed by atoms with Crippen molar-refractivity contribution in [3.8, 4) is 0 Å². The van der Waals surface area contributed by atoms with Gasteiger partial charge in [0.2, 0.25) is 0 Å². The molecule has 0 fully saturated rings. The molecule has 80 valence electrons. The van der Waals surface area contributed by atoms with Gasteiger partial charge in [0.15, 0.2) is 6.29 Å². The number of hydrogen-bond donors (Lipinski definition) is 1. The Morgan fingerprint density at radius 1 is 1.20 bits per heavy atom. The van der Waals surface area contributed by atoms with Gasteiger partial charge in [0.05, 0.1) is 5.56 Å². The van der Waals surface area contributed by atoms with Crippen LogP contribution in [0, 0.1) is 11.6 Å². The first kappa shape index (κ1) is 11.5. The molecule has 1 aromatic carbocycles. The molecule has 0 spiro atoms. The average Bonchev–Trinajstić information content (AvgIpc) is 2.23. The number of rotatable bonds is 4. The van der Waals surface area contributed by atoms with Gasteiger partial charge in [0.1, 0.15) is 11.6 Å². The third-order valence-electron chi connectivity index (χ3n) is 1.87. The van der Waals surface area contributed by atoms with Crippen molar-refractivity contribution in [1.82, 2.24) is 0 Å². The van der Waals surface area contributed by atoms with E-state index < -0.39 is 11.6 Å². The molecule has 4 heteroatoms. The van der Waals surface area contributed by atoms with E-state index in [9.17, 15) is 13.6 Å². The Kier molecular flexibility index (Phi) is 4.12. The molecule has 0 aliphatic heterocycles. The van der Waals surface area contributed by atoms with Crippen molar-refractivity contribution in [1.29, 1.82) is 0 Å². The third kappa shape index (κ3) is 2.95. The molecule has 0 amide bonds.